The summed E-state index contributed by atoms with van der Waals surface area (Å²) in [7, 11) is 0.568. The van der Waals surface area contributed by atoms with Crippen LogP contribution in [0.25, 0.3) is 0 Å². The highest BCUT2D eigenvalue weighted by atomic mass is 32.2. The Balaban J connectivity index is 1.75. The monoisotopic (exact) mass is 444 g/mol. The van der Waals surface area contributed by atoms with E-state index in [0.717, 1.165) is 23.8 Å². The molecule has 0 aromatic heterocycles. The molecule has 0 aliphatic carbocycles. The van der Waals surface area contributed by atoms with Crippen LogP contribution in [-0.2, 0) is 17.4 Å². The second kappa shape index (κ2) is 10.5. The fourth-order valence-corrected chi connectivity index (χ4v) is 5.24. The maximum absolute atomic E-state index is 13.4. The van der Waals surface area contributed by atoms with Crippen LogP contribution in [0, 0.1) is 5.92 Å². The van der Waals surface area contributed by atoms with Gasteiger partial charge in [-0.1, -0.05) is 38.8 Å². The van der Waals surface area contributed by atoms with Crippen molar-refractivity contribution >= 4 is 40.0 Å². The first-order chi connectivity index (χ1) is 14.4. The molecule has 4 nitrogen and oxygen atoms in total. The first-order valence-corrected chi connectivity index (χ1v) is 13.2. The second-order valence-electron chi connectivity index (χ2n) is 7.99. The van der Waals surface area contributed by atoms with Gasteiger partial charge < -0.3 is 4.90 Å². The molecule has 1 amide bonds. The van der Waals surface area contributed by atoms with Gasteiger partial charge >= 0.3 is 0 Å². The number of nitrogens with zero attached hydrogens (tertiary/aromatic N) is 2. The third-order valence-corrected chi connectivity index (χ3v) is 7.93. The van der Waals surface area contributed by atoms with Crippen molar-refractivity contribution in [2.75, 3.05) is 34.8 Å². The van der Waals surface area contributed by atoms with E-state index >= 15 is 0 Å². The summed E-state index contributed by atoms with van der Waals surface area (Å²) in [6.45, 7) is 5.25. The quantitative estimate of drug-likeness (QED) is 0.477. The van der Waals surface area contributed by atoms with Gasteiger partial charge in [0.1, 0.15) is 11.0 Å². The molecule has 2 atom stereocenters. The normalized spacial score (nSPS) is 15.0. The molecule has 3 rings (SSSR count). The lowest BCUT2D eigenvalue weighted by atomic mass is 10.1. The molecule has 1 aliphatic heterocycles. The van der Waals surface area contributed by atoms with Gasteiger partial charge in [-0.15, -0.1) is 11.8 Å². The minimum Gasteiger partial charge on any atom is -0.308 e. The zero-order valence-electron chi connectivity index (χ0n) is 18.4. The molecule has 0 saturated heterocycles. The maximum atomic E-state index is 13.4. The van der Waals surface area contributed by atoms with Gasteiger partial charge in [0.05, 0.1) is 11.3 Å². The lowest BCUT2D eigenvalue weighted by molar-refractivity contribution is 0.0990. The van der Waals surface area contributed by atoms with Crippen LogP contribution >= 0.6 is 11.8 Å². The SMILES string of the molecule is CCCCC(C)CSc1ccc2c(c1)CCN2C(=O)c1ccccc1N(C)S(C)=O. The summed E-state index contributed by atoms with van der Waals surface area (Å²) in [5.41, 5.74) is 3.52. The Morgan fingerprint density at radius 1 is 1.27 bits per heavy atom. The predicted molar refractivity (Wildman–Crippen MR) is 130 cm³/mol. The zero-order chi connectivity index (χ0) is 21.7. The van der Waals surface area contributed by atoms with E-state index in [1.807, 2.05) is 40.9 Å². The Bertz CT molecular complexity index is 916. The van der Waals surface area contributed by atoms with Gasteiger partial charge in [0, 0.05) is 36.2 Å². The molecule has 0 spiro atoms. The predicted octanol–water partition coefficient (Wildman–Crippen LogP) is 5.54. The summed E-state index contributed by atoms with van der Waals surface area (Å²) in [4.78, 5) is 16.5. The zero-order valence-corrected chi connectivity index (χ0v) is 20.0. The number of carbonyl (C=O) groups is 1. The molecule has 6 heteroatoms. The van der Waals surface area contributed by atoms with E-state index in [4.69, 9.17) is 0 Å². The Morgan fingerprint density at radius 3 is 2.77 bits per heavy atom. The van der Waals surface area contributed by atoms with E-state index in [-0.39, 0.29) is 5.91 Å². The molecule has 30 heavy (non-hydrogen) atoms. The van der Waals surface area contributed by atoms with Crippen molar-refractivity contribution in [2.45, 2.75) is 44.4 Å². The first kappa shape index (κ1) is 22.9. The minimum atomic E-state index is -1.19. The third kappa shape index (κ3) is 5.27. The highest BCUT2D eigenvalue weighted by Crippen LogP contribution is 2.35. The van der Waals surface area contributed by atoms with Gasteiger partial charge in [0.2, 0.25) is 0 Å². The summed E-state index contributed by atoms with van der Waals surface area (Å²) >= 11 is 1.92. The number of carbonyl (C=O) groups excluding carboxylic acids is 1. The number of benzene rings is 2. The highest BCUT2D eigenvalue weighted by molar-refractivity contribution is 7.99. The van der Waals surface area contributed by atoms with Crippen LogP contribution in [0.5, 0.6) is 0 Å². The fraction of sp³-hybridized carbons (Fsp3) is 0.458. The van der Waals surface area contributed by atoms with E-state index < -0.39 is 11.0 Å². The molecule has 0 fully saturated rings. The number of rotatable bonds is 9. The fourth-order valence-electron chi connectivity index (χ4n) is 3.77. The van der Waals surface area contributed by atoms with Crippen LogP contribution < -0.4 is 9.21 Å². The molecule has 162 valence electrons. The maximum Gasteiger partial charge on any atom is 0.260 e. The lowest BCUT2D eigenvalue weighted by Gasteiger charge is -2.23. The summed E-state index contributed by atoms with van der Waals surface area (Å²) < 4.78 is 13.6. The molecular weight excluding hydrogens is 412 g/mol. The van der Waals surface area contributed by atoms with Crippen molar-refractivity contribution in [3.63, 3.8) is 0 Å². The average molecular weight is 445 g/mol. The van der Waals surface area contributed by atoms with Crippen LogP contribution in [0.3, 0.4) is 0 Å². The Labute approximate surface area is 187 Å². The largest absolute Gasteiger partial charge is 0.308 e. The van der Waals surface area contributed by atoms with Crippen LogP contribution in [-0.4, -0.2) is 35.7 Å². The molecular formula is C24H32N2O2S2. The molecule has 0 bridgehead atoms. The summed E-state index contributed by atoms with van der Waals surface area (Å²) in [6, 6.07) is 13.9. The van der Waals surface area contributed by atoms with Crippen LogP contribution in [0.2, 0.25) is 0 Å². The second-order valence-corrected chi connectivity index (χ2v) is 10.5. The summed E-state index contributed by atoms with van der Waals surface area (Å²) in [5.74, 6) is 1.82. The lowest BCUT2D eigenvalue weighted by Crippen LogP contribution is -2.31. The minimum absolute atomic E-state index is 0.0322. The molecule has 0 N–H and O–H groups in total. The van der Waals surface area contributed by atoms with Gasteiger partial charge in [-0.3, -0.25) is 9.10 Å². The van der Waals surface area contributed by atoms with Crippen molar-refractivity contribution in [1.29, 1.82) is 0 Å². The Morgan fingerprint density at radius 2 is 2.03 bits per heavy atom. The number of amides is 1. The van der Waals surface area contributed by atoms with Gasteiger partial charge in [-0.05, 0) is 54.7 Å². The highest BCUT2D eigenvalue weighted by Gasteiger charge is 2.28. The topological polar surface area (TPSA) is 40.6 Å². The number of thioether (sulfide) groups is 1. The van der Waals surface area contributed by atoms with Crippen LogP contribution in [0.15, 0.2) is 47.4 Å². The summed E-state index contributed by atoms with van der Waals surface area (Å²) in [6.07, 6.45) is 6.33. The van der Waals surface area contributed by atoms with E-state index in [2.05, 4.69) is 32.0 Å². The molecule has 2 aromatic carbocycles. The van der Waals surface area contributed by atoms with E-state index in [1.165, 1.54) is 29.7 Å². The number of hydrogen-bond donors (Lipinski definition) is 0. The third-order valence-electron chi connectivity index (χ3n) is 5.64. The molecule has 1 heterocycles. The van der Waals surface area contributed by atoms with Gasteiger partial charge in [0.15, 0.2) is 0 Å². The first-order valence-electron chi connectivity index (χ1n) is 10.7. The number of anilines is 2. The van der Waals surface area contributed by atoms with Crippen molar-refractivity contribution in [3.8, 4) is 0 Å². The van der Waals surface area contributed by atoms with Crippen LogP contribution in [0.4, 0.5) is 11.4 Å². The molecule has 0 radical (unpaired) electrons. The smallest absolute Gasteiger partial charge is 0.260 e. The van der Waals surface area contributed by atoms with E-state index in [1.54, 1.807) is 17.6 Å². The number of unbranched alkanes of at least 4 members (excludes halogenated alkanes) is 1. The van der Waals surface area contributed by atoms with Crippen molar-refractivity contribution in [2.24, 2.45) is 5.92 Å². The van der Waals surface area contributed by atoms with E-state index in [9.17, 15) is 9.00 Å². The number of para-hydroxylation sites is 1. The number of fused-ring (bicyclic) bond motifs is 1. The Hall–Kier alpha value is -1.79. The Kier molecular flexibility index (Phi) is 8.00. The van der Waals surface area contributed by atoms with Crippen molar-refractivity contribution < 1.29 is 9.00 Å². The average Bonchev–Trinajstić information content (AvgIpc) is 3.18. The van der Waals surface area contributed by atoms with Gasteiger partial charge in [0.25, 0.3) is 5.91 Å². The standard InChI is InChI=1S/C24H32N2O2S2/c1-5-6-9-18(2)17-29-20-12-13-22-19(16-20)14-15-26(22)24(27)21-10-7-8-11-23(21)25(3)30(4)28/h7-8,10-13,16,18H,5-6,9,14-15,17H2,1-4H3. The number of hydrogen-bond acceptors (Lipinski definition) is 3. The van der Waals surface area contributed by atoms with Gasteiger partial charge in [-0.25, -0.2) is 4.21 Å². The molecule has 1 aliphatic rings. The summed E-state index contributed by atoms with van der Waals surface area (Å²) in [5, 5.41) is 0. The molecule has 2 unspecified atom stereocenters. The molecule has 2 aromatic rings. The van der Waals surface area contributed by atoms with E-state index in [0.29, 0.717) is 17.8 Å². The van der Waals surface area contributed by atoms with Crippen molar-refractivity contribution in [3.05, 3.63) is 53.6 Å². The van der Waals surface area contributed by atoms with Crippen LogP contribution in [0.1, 0.15) is 49.0 Å². The van der Waals surface area contributed by atoms with Gasteiger partial charge in [-0.2, -0.15) is 0 Å². The molecule has 0 saturated carbocycles. The van der Waals surface area contributed by atoms with Crippen molar-refractivity contribution in [1.82, 2.24) is 0 Å².